The van der Waals surface area contributed by atoms with E-state index in [1.807, 2.05) is 13.0 Å². The third kappa shape index (κ3) is 2.66. The van der Waals surface area contributed by atoms with Gasteiger partial charge in [0.25, 0.3) is 0 Å². The van der Waals surface area contributed by atoms with Crippen molar-refractivity contribution >= 4 is 5.97 Å². The van der Waals surface area contributed by atoms with Crippen LogP contribution >= 0.6 is 0 Å². The Morgan fingerprint density at radius 3 is 2.91 bits per heavy atom. The van der Waals surface area contributed by atoms with Gasteiger partial charge in [-0.05, 0) is 27.0 Å². The Bertz CT molecular complexity index is 556. The van der Waals surface area contributed by atoms with Crippen LogP contribution in [0.1, 0.15) is 34.8 Å². The Morgan fingerprint density at radius 1 is 1.45 bits per heavy atom. The molecule has 122 valence electrons. The van der Waals surface area contributed by atoms with Gasteiger partial charge in [-0.3, -0.25) is 9.80 Å². The molecule has 0 saturated carbocycles. The van der Waals surface area contributed by atoms with E-state index in [-0.39, 0.29) is 12.1 Å². The van der Waals surface area contributed by atoms with Gasteiger partial charge in [-0.2, -0.15) is 0 Å². The van der Waals surface area contributed by atoms with Gasteiger partial charge in [0.05, 0.1) is 25.9 Å². The molecule has 0 spiro atoms. The van der Waals surface area contributed by atoms with E-state index in [1.54, 1.807) is 0 Å². The fourth-order valence-electron chi connectivity index (χ4n) is 3.39. The fourth-order valence-corrected chi connectivity index (χ4v) is 3.39. The van der Waals surface area contributed by atoms with Gasteiger partial charge in [0.2, 0.25) is 5.76 Å². The number of furan rings is 1. The van der Waals surface area contributed by atoms with Crippen LogP contribution < -0.4 is 0 Å². The van der Waals surface area contributed by atoms with Gasteiger partial charge in [-0.15, -0.1) is 0 Å². The maximum Gasteiger partial charge on any atom is 0.374 e. The molecule has 3 heterocycles. The first-order valence-electron chi connectivity index (χ1n) is 7.75. The molecule has 2 saturated heterocycles. The van der Waals surface area contributed by atoms with Crippen LogP contribution in [-0.2, 0) is 9.47 Å². The van der Waals surface area contributed by atoms with Crippen LogP contribution in [0.15, 0.2) is 10.5 Å². The standard InChI is InChI=1S/C16H24N2O4/c1-10-7-13(22-15(10)16(19)20-4)11(2)18-8-12-14(9-18)21-6-5-17(12)3/h7,11-12,14H,5-6,8-9H2,1-4H3/t11-,12-,14-/m0/s1. The number of ether oxygens (including phenoxy) is 2. The molecule has 6 nitrogen and oxygen atoms in total. The monoisotopic (exact) mass is 308 g/mol. The van der Waals surface area contributed by atoms with Gasteiger partial charge in [0.1, 0.15) is 5.76 Å². The van der Waals surface area contributed by atoms with Crippen molar-refractivity contribution in [1.29, 1.82) is 0 Å². The molecule has 0 amide bonds. The number of hydrogen-bond donors (Lipinski definition) is 0. The fraction of sp³-hybridized carbons (Fsp3) is 0.688. The van der Waals surface area contributed by atoms with Crippen molar-refractivity contribution in [3.63, 3.8) is 0 Å². The molecule has 22 heavy (non-hydrogen) atoms. The summed E-state index contributed by atoms with van der Waals surface area (Å²) < 4.78 is 16.4. The SMILES string of the molecule is COC(=O)c1oc([C@H](C)N2C[C@@H]3OCCN(C)[C@H]3C2)cc1C. The quantitative estimate of drug-likeness (QED) is 0.788. The van der Waals surface area contributed by atoms with Crippen molar-refractivity contribution in [2.24, 2.45) is 0 Å². The summed E-state index contributed by atoms with van der Waals surface area (Å²) in [5.74, 6) is 0.683. The van der Waals surface area contributed by atoms with Crippen LogP contribution in [0.4, 0.5) is 0 Å². The lowest BCUT2D eigenvalue weighted by Crippen LogP contribution is -2.48. The van der Waals surface area contributed by atoms with E-state index in [9.17, 15) is 4.79 Å². The molecule has 0 N–H and O–H groups in total. The molecule has 1 aromatic rings. The predicted octanol–water partition coefficient (Wildman–Crippen LogP) is 1.45. The number of hydrogen-bond acceptors (Lipinski definition) is 6. The number of likely N-dealkylation sites (N-methyl/N-ethyl adjacent to an activating group) is 1. The van der Waals surface area contributed by atoms with E-state index in [2.05, 4.69) is 23.8 Å². The zero-order valence-electron chi connectivity index (χ0n) is 13.7. The number of morpholine rings is 1. The summed E-state index contributed by atoms with van der Waals surface area (Å²) >= 11 is 0. The first kappa shape index (κ1) is 15.5. The number of fused-ring (bicyclic) bond motifs is 1. The Kier molecular flexibility index (Phi) is 4.25. The van der Waals surface area contributed by atoms with Crippen LogP contribution in [0.2, 0.25) is 0 Å². The van der Waals surface area contributed by atoms with Crippen LogP contribution in [0.3, 0.4) is 0 Å². The van der Waals surface area contributed by atoms with Gasteiger partial charge >= 0.3 is 5.97 Å². The number of likely N-dealkylation sites (tertiary alicyclic amines) is 1. The third-order valence-corrected chi connectivity index (χ3v) is 4.87. The van der Waals surface area contributed by atoms with Crippen molar-refractivity contribution in [3.05, 3.63) is 23.2 Å². The van der Waals surface area contributed by atoms with Crippen LogP contribution in [0, 0.1) is 6.92 Å². The molecule has 2 fully saturated rings. The van der Waals surface area contributed by atoms with Crippen LogP contribution in [-0.4, -0.2) is 68.3 Å². The minimum absolute atomic E-state index is 0.111. The smallest absolute Gasteiger partial charge is 0.374 e. The third-order valence-electron chi connectivity index (χ3n) is 4.87. The minimum Gasteiger partial charge on any atom is -0.463 e. The molecule has 3 atom stereocenters. The van der Waals surface area contributed by atoms with E-state index >= 15 is 0 Å². The molecule has 0 radical (unpaired) electrons. The second-order valence-corrected chi connectivity index (χ2v) is 6.24. The summed E-state index contributed by atoms with van der Waals surface area (Å²) in [6.45, 7) is 7.60. The second-order valence-electron chi connectivity index (χ2n) is 6.24. The first-order chi connectivity index (χ1) is 10.5. The van der Waals surface area contributed by atoms with Crippen molar-refractivity contribution in [2.45, 2.75) is 32.0 Å². The largest absolute Gasteiger partial charge is 0.463 e. The molecular formula is C16H24N2O4. The summed E-state index contributed by atoms with van der Waals surface area (Å²) in [6.07, 6.45) is 0.261. The van der Waals surface area contributed by atoms with Gasteiger partial charge in [-0.1, -0.05) is 0 Å². The molecule has 0 unspecified atom stereocenters. The Morgan fingerprint density at radius 2 is 2.23 bits per heavy atom. The molecule has 6 heteroatoms. The molecule has 2 aliphatic heterocycles. The normalized spacial score (nSPS) is 27.6. The number of rotatable bonds is 3. The van der Waals surface area contributed by atoms with Crippen LogP contribution in [0.5, 0.6) is 0 Å². The van der Waals surface area contributed by atoms with E-state index in [4.69, 9.17) is 13.9 Å². The summed E-state index contributed by atoms with van der Waals surface area (Å²) in [7, 11) is 3.52. The lowest BCUT2D eigenvalue weighted by molar-refractivity contribution is -0.0372. The Labute approximate surface area is 131 Å². The molecule has 0 aromatic carbocycles. The highest BCUT2D eigenvalue weighted by Gasteiger charge is 2.41. The minimum atomic E-state index is -0.422. The maximum absolute atomic E-state index is 11.7. The highest BCUT2D eigenvalue weighted by molar-refractivity contribution is 5.87. The summed E-state index contributed by atoms with van der Waals surface area (Å²) in [5.41, 5.74) is 0.818. The highest BCUT2D eigenvalue weighted by Crippen LogP contribution is 2.31. The molecule has 3 rings (SSSR count). The topological polar surface area (TPSA) is 55.1 Å². The number of esters is 1. The second kappa shape index (κ2) is 6.02. The average Bonchev–Trinajstić information content (AvgIpc) is 3.10. The highest BCUT2D eigenvalue weighted by atomic mass is 16.5. The molecular weight excluding hydrogens is 284 g/mol. The number of carbonyl (C=O) groups is 1. The van der Waals surface area contributed by atoms with Gasteiger partial charge in [-0.25, -0.2) is 4.79 Å². The lowest BCUT2D eigenvalue weighted by atomic mass is 10.1. The van der Waals surface area contributed by atoms with E-state index in [1.165, 1.54) is 7.11 Å². The first-order valence-corrected chi connectivity index (χ1v) is 7.75. The van der Waals surface area contributed by atoms with E-state index < -0.39 is 5.97 Å². The molecule has 2 aliphatic rings. The van der Waals surface area contributed by atoms with E-state index in [0.29, 0.717) is 11.8 Å². The molecule has 0 aliphatic carbocycles. The number of nitrogens with zero attached hydrogens (tertiary/aromatic N) is 2. The van der Waals surface area contributed by atoms with E-state index in [0.717, 1.165) is 37.6 Å². The predicted molar refractivity (Wildman–Crippen MR) is 80.9 cm³/mol. The van der Waals surface area contributed by atoms with Crippen molar-refractivity contribution in [3.8, 4) is 0 Å². The van der Waals surface area contributed by atoms with Gasteiger partial charge < -0.3 is 13.9 Å². The zero-order chi connectivity index (χ0) is 15.9. The lowest BCUT2D eigenvalue weighted by Gasteiger charge is -2.33. The van der Waals surface area contributed by atoms with Gasteiger partial charge in [0, 0.05) is 31.2 Å². The number of methoxy groups -OCH3 is 1. The number of aryl methyl sites for hydroxylation is 1. The Hall–Kier alpha value is -1.37. The maximum atomic E-state index is 11.7. The van der Waals surface area contributed by atoms with Crippen LogP contribution in [0.25, 0.3) is 0 Å². The zero-order valence-corrected chi connectivity index (χ0v) is 13.7. The molecule has 1 aromatic heterocycles. The van der Waals surface area contributed by atoms with Gasteiger partial charge in [0.15, 0.2) is 0 Å². The number of carbonyl (C=O) groups excluding carboxylic acids is 1. The Balaban J connectivity index is 1.74. The summed E-state index contributed by atoms with van der Waals surface area (Å²) in [5, 5.41) is 0. The average molecular weight is 308 g/mol. The summed E-state index contributed by atoms with van der Waals surface area (Å²) in [6, 6.07) is 2.48. The summed E-state index contributed by atoms with van der Waals surface area (Å²) in [4.78, 5) is 16.4. The van der Waals surface area contributed by atoms with Crippen molar-refractivity contribution in [1.82, 2.24) is 9.80 Å². The molecule has 0 bridgehead atoms. The van der Waals surface area contributed by atoms with Crippen molar-refractivity contribution < 1.29 is 18.7 Å². The van der Waals surface area contributed by atoms with Crippen molar-refractivity contribution in [2.75, 3.05) is 40.4 Å².